The molecule has 2 aliphatic heterocycles. The number of rotatable bonds is 4. The fourth-order valence-electron chi connectivity index (χ4n) is 3.51. The Kier molecular flexibility index (Phi) is 5.06. The first kappa shape index (κ1) is 14.1. The Morgan fingerprint density at radius 2 is 1.65 bits per heavy atom. The molecule has 20 heavy (non-hydrogen) atoms. The molecule has 1 aromatic carbocycles. The van der Waals surface area contributed by atoms with E-state index in [9.17, 15) is 0 Å². The molecule has 0 amide bonds. The van der Waals surface area contributed by atoms with E-state index in [1.807, 2.05) is 0 Å². The summed E-state index contributed by atoms with van der Waals surface area (Å²) >= 11 is 0. The number of benzene rings is 1. The van der Waals surface area contributed by atoms with E-state index in [0.29, 0.717) is 0 Å². The van der Waals surface area contributed by atoms with E-state index in [1.165, 1.54) is 52.0 Å². The maximum absolute atomic E-state index is 3.47. The lowest BCUT2D eigenvalue weighted by Crippen LogP contribution is -2.44. The Hall–Kier alpha value is -0.900. The second-order valence-electron chi connectivity index (χ2n) is 6.06. The highest BCUT2D eigenvalue weighted by atomic mass is 15.2. The van der Waals surface area contributed by atoms with Gasteiger partial charge in [0.2, 0.25) is 0 Å². The maximum atomic E-state index is 3.47. The summed E-state index contributed by atoms with van der Waals surface area (Å²) in [5, 5.41) is 6.90. The molecule has 2 N–H and O–H groups in total. The summed E-state index contributed by atoms with van der Waals surface area (Å²) < 4.78 is 0. The Labute approximate surface area is 122 Å². The number of nitrogens with zero attached hydrogens (tertiary/aromatic N) is 1. The highest BCUT2D eigenvalue weighted by molar-refractivity contribution is 5.31. The van der Waals surface area contributed by atoms with E-state index in [4.69, 9.17) is 0 Å². The van der Waals surface area contributed by atoms with E-state index in [-0.39, 0.29) is 0 Å². The standard InChI is InChI=1S/C17H27N3/c1-2-4-17(16-5-8-18-9-6-16)15(3-1)7-12-20-13-10-19-11-14-20/h1-4,16,18-19H,5-14H2. The molecule has 0 saturated carbocycles. The van der Waals surface area contributed by atoms with Crippen molar-refractivity contribution >= 4 is 0 Å². The molecule has 0 spiro atoms. The summed E-state index contributed by atoms with van der Waals surface area (Å²) in [5.74, 6) is 0.774. The van der Waals surface area contributed by atoms with Gasteiger partial charge in [-0.05, 0) is 49.4 Å². The first-order chi connectivity index (χ1) is 9.93. The molecule has 1 aromatic rings. The van der Waals surface area contributed by atoms with E-state index in [2.05, 4.69) is 39.8 Å². The topological polar surface area (TPSA) is 27.3 Å². The second kappa shape index (κ2) is 7.21. The van der Waals surface area contributed by atoms with Crippen LogP contribution in [0.15, 0.2) is 24.3 Å². The zero-order valence-electron chi connectivity index (χ0n) is 12.4. The van der Waals surface area contributed by atoms with Gasteiger partial charge < -0.3 is 15.5 Å². The Morgan fingerprint density at radius 3 is 2.45 bits per heavy atom. The van der Waals surface area contributed by atoms with Crippen LogP contribution in [-0.4, -0.2) is 50.7 Å². The van der Waals surface area contributed by atoms with Crippen LogP contribution >= 0.6 is 0 Å². The van der Waals surface area contributed by atoms with Crippen molar-refractivity contribution in [2.24, 2.45) is 0 Å². The van der Waals surface area contributed by atoms with Gasteiger partial charge in [-0.1, -0.05) is 24.3 Å². The van der Waals surface area contributed by atoms with Crippen LogP contribution in [0.5, 0.6) is 0 Å². The fraction of sp³-hybridized carbons (Fsp3) is 0.647. The van der Waals surface area contributed by atoms with Gasteiger partial charge in [0.25, 0.3) is 0 Å². The molecule has 0 aromatic heterocycles. The lowest BCUT2D eigenvalue weighted by Gasteiger charge is -2.29. The van der Waals surface area contributed by atoms with E-state index >= 15 is 0 Å². The van der Waals surface area contributed by atoms with Crippen molar-refractivity contribution in [1.29, 1.82) is 0 Å². The Morgan fingerprint density at radius 1 is 0.950 bits per heavy atom. The molecule has 2 fully saturated rings. The molecule has 0 unspecified atom stereocenters. The Bertz CT molecular complexity index is 406. The third kappa shape index (κ3) is 3.60. The monoisotopic (exact) mass is 273 g/mol. The summed E-state index contributed by atoms with van der Waals surface area (Å²) in [4.78, 5) is 2.59. The molecular formula is C17H27N3. The molecule has 0 aliphatic carbocycles. The molecule has 0 bridgehead atoms. The maximum Gasteiger partial charge on any atom is 0.0108 e. The van der Waals surface area contributed by atoms with Crippen LogP contribution in [0.25, 0.3) is 0 Å². The van der Waals surface area contributed by atoms with Crippen LogP contribution < -0.4 is 10.6 Å². The van der Waals surface area contributed by atoms with Gasteiger partial charge in [-0.2, -0.15) is 0 Å². The zero-order valence-corrected chi connectivity index (χ0v) is 12.4. The number of piperazine rings is 1. The summed E-state index contributed by atoms with van der Waals surface area (Å²) in [6, 6.07) is 9.13. The fourth-order valence-corrected chi connectivity index (χ4v) is 3.51. The summed E-state index contributed by atoms with van der Waals surface area (Å²) in [6.45, 7) is 8.27. The van der Waals surface area contributed by atoms with Gasteiger partial charge >= 0.3 is 0 Å². The minimum Gasteiger partial charge on any atom is -0.317 e. The third-order valence-electron chi connectivity index (χ3n) is 4.74. The van der Waals surface area contributed by atoms with Crippen LogP contribution in [0.1, 0.15) is 29.9 Å². The molecule has 0 radical (unpaired) electrons. The molecule has 3 nitrogen and oxygen atoms in total. The van der Waals surface area contributed by atoms with Gasteiger partial charge in [0.15, 0.2) is 0 Å². The smallest absolute Gasteiger partial charge is 0.0108 e. The van der Waals surface area contributed by atoms with Crippen molar-refractivity contribution in [3.8, 4) is 0 Å². The average molecular weight is 273 g/mol. The predicted molar refractivity (Wildman–Crippen MR) is 84.3 cm³/mol. The average Bonchev–Trinajstić information content (AvgIpc) is 2.55. The molecule has 110 valence electrons. The molecule has 2 saturated heterocycles. The molecule has 0 atom stereocenters. The van der Waals surface area contributed by atoms with Crippen molar-refractivity contribution in [3.05, 3.63) is 35.4 Å². The number of hydrogen-bond donors (Lipinski definition) is 2. The summed E-state index contributed by atoms with van der Waals surface area (Å²) in [7, 11) is 0. The normalized spacial score (nSPS) is 22.0. The van der Waals surface area contributed by atoms with Crippen LogP contribution in [0.2, 0.25) is 0 Å². The molecule has 2 heterocycles. The zero-order chi connectivity index (χ0) is 13.6. The first-order valence-corrected chi connectivity index (χ1v) is 8.15. The number of piperidine rings is 1. The number of hydrogen-bond acceptors (Lipinski definition) is 3. The van der Waals surface area contributed by atoms with E-state index in [0.717, 1.165) is 19.0 Å². The van der Waals surface area contributed by atoms with Crippen molar-refractivity contribution in [2.75, 3.05) is 45.8 Å². The molecule has 3 rings (SSSR count). The van der Waals surface area contributed by atoms with Gasteiger partial charge in [-0.3, -0.25) is 0 Å². The highest BCUT2D eigenvalue weighted by Gasteiger charge is 2.18. The van der Waals surface area contributed by atoms with Gasteiger partial charge in [0, 0.05) is 32.7 Å². The Balaban J connectivity index is 1.62. The first-order valence-electron chi connectivity index (χ1n) is 8.15. The van der Waals surface area contributed by atoms with E-state index in [1.54, 1.807) is 11.1 Å². The lowest BCUT2D eigenvalue weighted by molar-refractivity contribution is 0.243. The summed E-state index contributed by atoms with van der Waals surface area (Å²) in [5.41, 5.74) is 3.20. The molecular weight excluding hydrogens is 246 g/mol. The van der Waals surface area contributed by atoms with Crippen molar-refractivity contribution in [1.82, 2.24) is 15.5 Å². The van der Waals surface area contributed by atoms with Gasteiger partial charge in [-0.15, -0.1) is 0 Å². The summed E-state index contributed by atoms with van der Waals surface area (Å²) in [6.07, 6.45) is 3.80. The van der Waals surface area contributed by atoms with Crippen molar-refractivity contribution < 1.29 is 0 Å². The minimum atomic E-state index is 0.774. The largest absolute Gasteiger partial charge is 0.317 e. The van der Waals surface area contributed by atoms with Gasteiger partial charge in [0.05, 0.1) is 0 Å². The minimum absolute atomic E-state index is 0.774. The number of nitrogens with one attached hydrogen (secondary N) is 2. The second-order valence-corrected chi connectivity index (χ2v) is 6.06. The third-order valence-corrected chi connectivity index (χ3v) is 4.74. The van der Waals surface area contributed by atoms with Crippen LogP contribution in [0.3, 0.4) is 0 Å². The SMILES string of the molecule is c1ccc(C2CCNCC2)c(CCN2CCNCC2)c1. The van der Waals surface area contributed by atoms with Crippen LogP contribution in [0.4, 0.5) is 0 Å². The van der Waals surface area contributed by atoms with E-state index < -0.39 is 0 Å². The van der Waals surface area contributed by atoms with Crippen LogP contribution in [0, 0.1) is 0 Å². The molecule has 3 heteroatoms. The molecule has 2 aliphatic rings. The van der Waals surface area contributed by atoms with Crippen LogP contribution in [-0.2, 0) is 6.42 Å². The predicted octanol–water partition coefficient (Wildman–Crippen LogP) is 1.60. The van der Waals surface area contributed by atoms with Crippen molar-refractivity contribution in [2.45, 2.75) is 25.2 Å². The highest BCUT2D eigenvalue weighted by Crippen LogP contribution is 2.28. The quantitative estimate of drug-likeness (QED) is 0.872. The van der Waals surface area contributed by atoms with Gasteiger partial charge in [-0.25, -0.2) is 0 Å². The lowest BCUT2D eigenvalue weighted by atomic mass is 9.86. The van der Waals surface area contributed by atoms with Crippen molar-refractivity contribution in [3.63, 3.8) is 0 Å². The van der Waals surface area contributed by atoms with Gasteiger partial charge in [0.1, 0.15) is 0 Å².